The normalized spacial score (nSPS) is 11.7. The summed E-state index contributed by atoms with van der Waals surface area (Å²) in [4.78, 5) is 34.8. The standard InChI is InChI=1S/C18H26N2O5/c1-4-25-14-7-5-13(6-8-14)10-16(21)19-11-17(22)20-15(18(23)24)9-12(2)3/h5-8,12,15H,4,9-11H2,1-3H3,(H,19,21)(H,20,22)(H,23,24)/t15-/m0/s1. The molecule has 0 aliphatic rings. The minimum absolute atomic E-state index is 0.133. The fraction of sp³-hybridized carbons (Fsp3) is 0.500. The van der Waals surface area contributed by atoms with E-state index in [0.717, 1.165) is 11.3 Å². The number of carboxylic acids is 1. The number of carbonyl (C=O) groups excluding carboxylic acids is 2. The second-order valence-electron chi connectivity index (χ2n) is 6.12. The van der Waals surface area contributed by atoms with E-state index in [-0.39, 0.29) is 24.8 Å². The summed E-state index contributed by atoms with van der Waals surface area (Å²) >= 11 is 0. The quantitative estimate of drug-likeness (QED) is 0.591. The van der Waals surface area contributed by atoms with Crippen LogP contribution < -0.4 is 15.4 Å². The van der Waals surface area contributed by atoms with Crippen LogP contribution in [0.2, 0.25) is 0 Å². The number of carboxylic acid groups (broad SMARTS) is 1. The molecule has 0 unspecified atom stereocenters. The largest absolute Gasteiger partial charge is 0.494 e. The molecule has 0 saturated heterocycles. The molecule has 1 aromatic rings. The maximum atomic E-state index is 11.9. The van der Waals surface area contributed by atoms with Crippen LogP contribution in [0.15, 0.2) is 24.3 Å². The SMILES string of the molecule is CCOc1ccc(CC(=O)NCC(=O)N[C@@H](CC(C)C)C(=O)O)cc1. The number of hydrogen-bond donors (Lipinski definition) is 3. The van der Waals surface area contributed by atoms with Gasteiger partial charge in [-0.1, -0.05) is 26.0 Å². The molecule has 25 heavy (non-hydrogen) atoms. The lowest BCUT2D eigenvalue weighted by Crippen LogP contribution is -2.46. The van der Waals surface area contributed by atoms with Gasteiger partial charge in [0.15, 0.2) is 0 Å². The predicted octanol–water partition coefficient (Wildman–Crippen LogP) is 1.36. The van der Waals surface area contributed by atoms with Gasteiger partial charge in [0.1, 0.15) is 11.8 Å². The van der Waals surface area contributed by atoms with Gasteiger partial charge in [0.05, 0.1) is 19.6 Å². The van der Waals surface area contributed by atoms with Gasteiger partial charge in [0.25, 0.3) is 0 Å². The van der Waals surface area contributed by atoms with Crippen molar-refractivity contribution in [3.63, 3.8) is 0 Å². The number of benzene rings is 1. The minimum atomic E-state index is -1.08. The Bertz CT molecular complexity index is 584. The smallest absolute Gasteiger partial charge is 0.326 e. The Labute approximate surface area is 147 Å². The summed E-state index contributed by atoms with van der Waals surface area (Å²) in [5.74, 6) is -1.04. The lowest BCUT2D eigenvalue weighted by Gasteiger charge is -2.16. The summed E-state index contributed by atoms with van der Waals surface area (Å²) in [6, 6.07) is 6.18. The first kappa shape index (κ1) is 20.5. The van der Waals surface area contributed by atoms with E-state index in [1.165, 1.54) is 0 Å². The average molecular weight is 350 g/mol. The summed E-state index contributed by atoms with van der Waals surface area (Å²) in [6.07, 6.45) is 0.467. The molecule has 1 aromatic carbocycles. The van der Waals surface area contributed by atoms with Crippen LogP contribution in [0.3, 0.4) is 0 Å². The van der Waals surface area contributed by atoms with Crippen molar-refractivity contribution < 1.29 is 24.2 Å². The molecule has 138 valence electrons. The molecule has 0 bridgehead atoms. The molecule has 0 spiro atoms. The molecule has 2 amide bonds. The average Bonchev–Trinajstić information content (AvgIpc) is 2.54. The van der Waals surface area contributed by atoms with Gasteiger partial charge in [0.2, 0.25) is 11.8 Å². The van der Waals surface area contributed by atoms with E-state index >= 15 is 0 Å². The van der Waals surface area contributed by atoms with Gasteiger partial charge in [-0.25, -0.2) is 4.79 Å². The number of carbonyl (C=O) groups is 3. The highest BCUT2D eigenvalue weighted by molar-refractivity contribution is 5.88. The molecular formula is C18H26N2O5. The van der Waals surface area contributed by atoms with Crippen molar-refractivity contribution in [2.45, 2.75) is 39.7 Å². The Kier molecular flexibility index (Phi) is 8.46. The number of nitrogens with one attached hydrogen (secondary N) is 2. The monoisotopic (exact) mass is 350 g/mol. The van der Waals surface area contributed by atoms with Crippen LogP contribution >= 0.6 is 0 Å². The van der Waals surface area contributed by atoms with Gasteiger partial charge in [-0.05, 0) is 37.0 Å². The zero-order valence-electron chi connectivity index (χ0n) is 14.9. The molecule has 1 atom stereocenters. The van der Waals surface area contributed by atoms with Crippen LogP contribution in [0.25, 0.3) is 0 Å². The summed E-state index contributed by atoms with van der Waals surface area (Å²) in [5, 5.41) is 14.0. The van der Waals surface area contributed by atoms with E-state index in [1.807, 2.05) is 20.8 Å². The maximum Gasteiger partial charge on any atom is 0.326 e. The van der Waals surface area contributed by atoms with Crippen molar-refractivity contribution in [3.05, 3.63) is 29.8 Å². The van der Waals surface area contributed by atoms with Crippen LogP contribution in [0, 0.1) is 5.92 Å². The van der Waals surface area contributed by atoms with Crippen LogP contribution in [0.1, 0.15) is 32.8 Å². The second-order valence-corrected chi connectivity index (χ2v) is 6.12. The third-order valence-corrected chi connectivity index (χ3v) is 3.39. The minimum Gasteiger partial charge on any atom is -0.494 e. The van der Waals surface area contributed by atoms with Gasteiger partial charge >= 0.3 is 5.97 Å². The molecule has 0 saturated carbocycles. The summed E-state index contributed by atoms with van der Waals surface area (Å²) in [7, 11) is 0. The first-order chi connectivity index (χ1) is 11.8. The molecule has 0 aliphatic heterocycles. The number of rotatable bonds is 10. The predicted molar refractivity (Wildman–Crippen MR) is 93.3 cm³/mol. The van der Waals surface area contributed by atoms with Crippen LogP contribution in [-0.4, -0.2) is 42.1 Å². The van der Waals surface area contributed by atoms with Crippen molar-refractivity contribution in [1.82, 2.24) is 10.6 Å². The first-order valence-electron chi connectivity index (χ1n) is 8.32. The van der Waals surface area contributed by atoms with Gasteiger partial charge in [0, 0.05) is 0 Å². The molecule has 7 heteroatoms. The highest BCUT2D eigenvalue weighted by atomic mass is 16.5. The zero-order chi connectivity index (χ0) is 18.8. The Morgan fingerprint density at radius 3 is 2.28 bits per heavy atom. The van der Waals surface area contributed by atoms with Gasteiger partial charge in [-0.2, -0.15) is 0 Å². The van der Waals surface area contributed by atoms with Crippen LogP contribution in [0.4, 0.5) is 0 Å². The van der Waals surface area contributed by atoms with Crippen LogP contribution in [0.5, 0.6) is 5.75 Å². The number of aliphatic carboxylic acids is 1. The summed E-state index contributed by atoms with van der Waals surface area (Å²) in [6.45, 7) is 5.96. The molecule has 0 aromatic heterocycles. The van der Waals surface area contributed by atoms with E-state index in [0.29, 0.717) is 13.0 Å². The van der Waals surface area contributed by atoms with E-state index in [2.05, 4.69) is 10.6 Å². The summed E-state index contributed by atoms with van der Waals surface area (Å²) in [5.41, 5.74) is 0.796. The van der Waals surface area contributed by atoms with Crippen molar-refractivity contribution in [2.75, 3.05) is 13.2 Å². The summed E-state index contributed by atoms with van der Waals surface area (Å²) < 4.78 is 5.33. The molecular weight excluding hydrogens is 324 g/mol. The Morgan fingerprint density at radius 2 is 1.76 bits per heavy atom. The van der Waals surface area contributed by atoms with E-state index < -0.39 is 17.9 Å². The highest BCUT2D eigenvalue weighted by Gasteiger charge is 2.21. The third kappa shape index (κ3) is 8.19. The Morgan fingerprint density at radius 1 is 1.12 bits per heavy atom. The lowest BCUT2D eigenvalue weighted by atomic mass is 10.0. The molecule has 0 fully saturated rings. The Balaban J connectivity index is 2.41. The van der Waals surface area contributed by atoms with Crippen LogP contribution in [-0.2, 0) is 20.8 Å². The van der Waals surface area contributed by atoms with E-state index in [4.69, 9.17) is 9.84 Å². The van der Waals surface area contributed by atoms with Gasteiger partial charge in [-0.15, -0.1) is 0 Å². The molecule has 1 rings (SSSR count). The number of hydrogen-bond acceptors (Lipinski definition) is 4. The van der Waals surface area contributed by atoms with E-state index in [1.54, 1.807) is 24.3 Å². The van der Waals surface area contributed by atoms with Crippen molar-refractivity contribution in [1.29, 1.82) is 0 Å². The van der Waals surface area contributed by atoms with Gasteiger partial charge in [-0.3, -0.25) is 9.59 Å². The maximum absolute atomic E-state index is 11.9. The number of ether oxygens (including phenoxy) is 1. The first-order valence-corrected chi connectivity index (χ1v) is 8.32. The van der Waals surface area contributed by atoms with E-state index in [9.17, 15) is 14.4 Å². The molecule has 3 N–H and O–H groups in total. The van der Waals surface area contributed by atoms with Crippen molar-refractivity contribution in [3.8, 4) is 5.75 Å². The fourth-order valence-electron chi connectivity index (χ4n) is 2.24. The molecule has 0 heterocycles. The molecule has 0 radical (unpaired) electrons. The second kappa shape index (κ2) is 10.3. The fourth-order valence-corrected chi connectivity index (χ4v) is 2.24. The zero-order valence-corrected chi connectivity index (χ0v) is 14.9. The lowest BCUT2D eigenvalue weighted by molar-refractivity contribution is -0.142. The van der Waals surface area contributed by atoms with Crippen molar-refractivity contribution in [2.24, 2.45) is 5.92 Å². The Hall–Kier alpha value is -2.57. The molecule has 7 nitrogen and oxygen atoms in total. The van der Waals surface area contributed by atoms with Gasteiger partial charge < -0.3 is 20.5 Å². The third-order valence-electron chi connectivity index (χ3n) is 3.39. The topological polar surface area (TPSA) is 105 Å². The van der Waals surface area contributed by atoms with Crippen molar-refractivity contribution >= 4 is 17.8 Å². The number of amides is 2. The highest BCUT2D eigenvalue weighted by Crippen LogP contribution is 2.12. The molecule has 0 aliphatic carbocycles.